The average molecular weight is 272 g/mol. The Morgan fingerprint density at radius 1 is 0.810 bits per heavy atom. The smallest absolute Gasteiger partial charge is 0.0610 e. The van der Waals surface area contributed by atoms with Gasteiger partial charge in [-0.15, -0.1) is 0 Å². The van der Waals surface area contributed by atoms with Crippen LogP contribution in [0.25, 0.3) is 11.6 Å². The van der Waals surface area contributed by atoms with Crippen LogP contribution in [0.4, 0.5) is 0 Å². The first kappa shape index (κ1) is 12.6. The molecule has 1 atom stereocenters. The van der Waals surface area contributed by atoms with Gasteiger partial charge in [-0.2, -0.15) is 0 Å². The Kier molecular flexibility index (Phi) is 2.39. The minimum absolute atomic E-state index is 0.0333. The number of rotatable bonds is 0. The minimum Gasteiger partial charge on any atom is -0.0649 e. The molecule has 0 aliphatic heterocycles. The summed E-state index contributed by atoms with van der Waals surface area (Å²) in [6.45, 7) is 9.05. The number of hydrogen-bond donors (Lipinski definition) is 0. The summed E-state index contributed by atoms with van der Waals surface area (Å²) in [5.74, 6) is 0. The summed E-state index contributed by atoms with van der Waals surface area (Å²) in [7, 11) is 0. The summed E-state index contributed by atoms with van der Waals surface area (Å²) in [5.41, 5.74) is 11.4. The standard InChI is InChI=1S/C21H20/c1-13-9-10-19-20(14(13)2)15(3)16(4)21(19)12-11-17-7-5-6-8-18(17)21/h5-12H,1-4H3. The van der Waals surface area contributed by atoms with Gasteiger partial charge in [0.25, 0.3) is 0 Å². The molecule has 0 amide bonds. The van der Waals surface area contributed by atoms with Crippen LogP contribution in [0.3, 0.4) is 0 Å². The predicted octanol–water partition coefficient (Wildman–Crippen LogP) is 5.42. The highest BCUT2D eigenvalue weighted by Gasteiger charge is 2.44. The Bertz CT molecular complexity index is 833. The van der Waals surface area contributed by atoms with Gasteiger partial charge in [-0.25, -0.2) is 0 Å². The SMILES string of the molecule is CC1=C(C)C2(C=Cc3ccccc32)c2ccc(C)c(C)c21. The van der Waals surface area contributed by atoms with E-state index in [0.717, 1.165) is 0 Å². The van der Waals surface area contributed by atoms with Gasteiger partial charge < -0.3 is 0 Å². The van der Waals surface area contributed by atoms with Gasteiger partial charge in [0.15, 0.2) is 0 Å². The molecule has 0 heterocycles. The Balaban J connectivity index is 2.13. The number of hydrogen-bond acceptors (Lipinski definition) is 0. The van der Waals surface area contributed by atoms with Crippen molar-refractivity contribution in [2.75, 3.05) is 0 Å². The fraction of sp³-hybridized carbons (Fsp3) is 0.238. The van der Waals surface area contributed by atoms with Gasteiger partial charge in [0.2, 0.25) is 0 Å². The van der Waals surface area contributed by atoms with E-state index in [1.165, 1.54) is 44.5 Å². The van der Waals surface area contributed by atoms with Gasteiger partial charge in [0.05, 0.1) is 5.41 Å². The maximum Gasteiger partial charge on any atom is 0.0610 e. The van der Waals surface area contributed by atoms with Crippen molar-refractivity contribution in [3.05, 3.63) is 81.4 Å². The van der Waals surface area contributed by atoms with E-state index in [9.17, 15) is 0 Å². The van der Waals surface area contributed by atoms with Crippen LogP contribution >= 0.6 is 0 Å². The molecule has 1 spiro atoms. The normalized spacial score (nSPS) is 22.1. The first-order valence-corrected chi connectivity index (χ1v) is 7.65. The lowest BCUT2D eigenvalue weighted by molar-refractivity contribution is 0.790. The predicted molar refractivity (Wildman–Crippen MR) is 90.4 cm³/mol. The van der Waals surface area contributed by atoms with Gasteiger partial charge in [-0.3, -0.25) is 0 Å². The van der Waals surface area contributed by atoms with Crippen molar-refractivity contribution in [3.8, 4) is 0 Å². The monoisotopic (exact) mass is 272 g/mol. The quantitative estimate of drug-likeness (QED) is 0.600. The minimum atomic E-state index is -0.0333. The molecule has 104 valence electrons. The van der Waals surface area contributed by atoms with E-state index in [-0.39, 0.29) is 5.41 Å². The summed E-state index contributed by atoms with van der Waals surface area (Å²) in [5, 5.41) is 0. The largest absolute Gasteiger partial charge is 0.0649 e. The lowest BCUT2D eigenvalue weighted by atomic mass is 9.73. The third-order valence-electron chi connectivity index (χ3n) is 5.59. The molecule has 0 radical (unpaired) electrons. The first-order valence-electron chi connectivity index (χ1n) is 7.65. The van der Waals surface area contributed by atoms with Gasteiger partial charge in [-0.05, 0) is 66.6 Å². The molecule has 2 aromatic rings. The molecule has 2 aliphatic rings. The van der Waals surface area contributed by atoms with E-state index in [4.69, 9.17) is 0 Å². The molecular weight excluding hydrogens is 252 g/mol. The average Bonchev–Trinajstić information content (AvgIpc) is 2.98. The van der Waals surface area contributed by atoms with Crippen LogP contribution in [0, 0.1) is 13.8 Å². The fourth-order valence-corrected chi connectivity index (χ4v) is 4.18. The van der Waals surface area contributed by atoms with E-state index in [1.54, 1.807) is 0 Å². The Morgan fingerprint density at radius 3 is 2.38 bits per heavy atom. The third kappa shape index (κ3) is 1.35. The Morgan fingerprint density at radius 2 is 1.57 bits per heavy atom. The highest BCUT2D eigenvalue weighted by atomic mass is 14.5. The number of fused-ring (bicyclic) bond motifs is 4. The topological polar surface area (TPSA) is 0 Å². The van der Waals surface area contributed by atoms with Crippen molar-refractivity contribution >= 4 is 11.6 Å². The molecule has 0 nitrogen and oxygen atoms in total. The van der Waals surface area contributed by atoms with Crippen LogP contribution in [0.2, 0.25) is 0 Å². The molecule has 0 N–H and O–H groups in total. The highest BCUT2D eigenvalue weighted by Crippen LogP contribution is 2.55. The molecule has 0 bridgehead atoms. The summed E-state index contributed by atoms with van der Waals surface area (Å²) < 4.78 is 0. The van der Waals surface area contributed by atoms with Crippen LogP contribution in [0.15, 0.2) is 48.0 Å². The zero-order valence-electron chi connectivity index (χ0n) is 13.1. The Hall–Kier alpha value is -2.08. The second-order valence-corrected chi connectivity index (χ2v) is 6.41. The maximum atomic E-state index is 2.40. The fourth-order valence-electron chi connectivity index (χ4n) is 4.18. The molecule has 1 unspecified atom stereocenters. The second-order valence-electron chi connectivity index (χ2n) is 6.41. The van der Waals surface area contributed by atoms with Crippen molar-refractivity contribution in [1.29, 1.82) is 0 Å². The number of allylic oxidation sites excluding steroid dienone is 3. The molecule has 0 fully saturated rings. The van der Waals surface area contributed by atoms with Crippen LogP contribution in [-0.4, -0.2) is 0 Å². The zero-order valence-corrected chi connectivity index (χ0v) is 13.1. The van der Waals surface area contributed by atoms with Crippen molar-refractivity contribution in [1.82, 2.24) is 0 Å². The first-order chi connectivity index (χ1) is 10.1. The molecule has 0 aromatic heterocycles. The van der Waals surface area contributed by atoms with Gasteiger partial charge >= 0.3 is 0 Å². The highest BCUT2D eigenvalue weighted by molar-refractivity contribution is 5.88. The van der Waals surface area contributed by atoms with Crippen LogP contribution in [0.1, 0.15) is 47.2 Å². The van der Waals surface area contributed by atoms with Gasteiger partial charge in [0.1, 0.15) is 0 Å². The molecule has 2 aromatic carbocycles. The number of aryl methyl sites for hydroxylation is 1. The molecule has 4 rings (SSSR count). The molecule has 0 saturated carbocycles. The van der Waals surface area contributed by atoms with E-state index in [2.05, 4.69) is 76.2 Å². The second kappa shape index (κ2) is 3.98. The van der Waals surface area contributed by atoms with Crippen LogP contribution in [-0.2, 0) is 5.41 Å². The lowest BCUT2D eigenvalue weighted by Crippen LogP contribution is -2.22. The Labute approximate surface area is 126 Å². The number of benzene rings is 2. The van der Waals surface area contributed by atoms with Crippen LogP contribution < -0.4 is 0 Å². The molecule has 21 heavy (non-hydrogen) atoms. The third-order valence-corrected chi connectivity index (χ3v) is 5.59. The zero-order chi connectivity index (χ0) is 14.8. The maximum absolute atomic E-state index is 2.40. The van der Waals surface area contributed by atoms with Crippen molar-refractivity contribution in [2.24, 2.45) is 0 Å². The van der Waals surface area contributed by atoms with Crippen molar-refractivity contribution in [3.63, 3.8) is 0 Å². The summed E-state index contributed by atoms with van der Waals surface area (Å²) in [4.78, 5) is 0. The summed E-state index contributed by atoms with van der Waals surface area (Å²) in [6, 6.07) is 13.4. The molecule has 0 saturated heterocycles. The summed E-state index contributed by atoms with van der Waals surface area (Å²) >= 11 is 0. The van der Waals surface area contributed by atoms with E-state index in [0.29, 0.717) is 0 Å². The molecule has 0 heteroatoms. The van der Waals surface area contributed by atoms with E-state index >= 15 is 0 Å². The molecule has 2 aliphatic carbocycles. The van der Waals surface area contributed by atoms with E-state index < -0.39 is 0 Å². The van der Waals surface area contributed by atoms with E-state index in [1.807, 2.05) is 0 Å². The van der Waals surface area contributed by atoms with Crippen LogP contribution in [0.5, 0.6) is 0 Å². The van der Waals surface area contributed by atoms with Gasteiger partial charge in [0, 0.05) is 0 Å². The van der Waals surface area contributed by atoms with Crippen molar-refractivity contribution in [2.45, 2.75) is 33.1 Å². The molecular formula is C21H20. The lowest BCUT2D eigenvalue weighted by Gasteiger charge is -2.28. The van der Waals surface area contributed by atoms with Gasteiger partial charge in [-0.1, -0.05) is 54.1 Å². The van der Waals surface area contributed by atoms with Crippen molar-refractivity contribution < 1.29 is 0 Å². The summed E-state index contributed by atoms with van der Waals surface area (Å²) in [6.07, 6.45) is 4.69.